The summed E-state index contributed by atoms with van der Waals surface area (Å²) in [4.78, 5) is 0. The normalized spacial score (nSPS) is 37.1. The van der Waals surface area contributed by atoms with Crippen LogP contribution in [0.15, 0.2) is 0 Å². The minimum absolute atomic E-state index is 0.0316. The molecular formula is C18H32O4. The predicted octanol–water partition coefficient (Wildman–Crippen LogP) is 3.59. The molecule has 2 saturated heterocycles. The first-order valence-electron chi connectivity index (χ1n) is 8.81. The lowest BCUT2D eigenvalue weighted by Gasteiger charge is -2.43. The zero-order valence-corrected chi connectivity index (χ0v) is 14.6. The van der Waals surface area contributed by atoms with Crippen molar-refractivity contribution in [2.75, 3.05) is 26.4 Å². The van der Waals surface area contributed by atoms with Crippen LogP contribution in [0.1, 0.15) is 53.4 Å². The summed E-state index contributed by atoms with van der Waals surface area (Å²) in [6, 6.07) is 0. The van der Waals surface area contributed by atoms with Gasteiger partial charge in [0.25, 0.3) is 0 Å². The molecule has 3 aliphatic rings. The molecule has 0 N–H and O–H groups in total. The van der Waals surface area contributed by atoms with Crippen LogP contribution in [0.2, 0.25) is 0 Å². The van der Waals surface area contributed by atoms with Gasteiger partial charge in [0.15, 0.2) is 12.6 Å². The molecule has 3 fully saturated rings. The van der Waals surface area contributed by atoms with E-state index in [1.807, 2.05) is 0 Å². The molecule has 22 heavy (non-hydrogen) atoms. The lowest BCUT2D eigenvalue weighted by molar-refractivity contribution is -0.268. The summed E-state index contributed by atoms with van der Waals surface area (Å²) in [5.74, 6) is 0.967. The molecule has 4 heteroatoms. The average molecular weight is 312 g/mol. The Bertz CT molecular complexity index is 325. The smallest absolute Gasteiger partial charge is 0.160 e. The third kappa shape index (κ3) is 4.02. The topological polar surface area (TPSA) is 36.9 Å². The summed E-state index contributed by atoms with van der Waals surface area (Å²) < 4.78 is 24.0. The van der Waals surface area contributed by atoms with Crippen molar-refractivity contribution in [1.29, 1.82) is 0 Å². The second-order valence-corrected chi connectivity index (χ2v) is 9.00. The third-order valence-corrected chi connectivity index (χ3v) is 5.08. The van der Waals surface area contributed by atoms with Crippen LogP contribution in [0, 0.1) is 22.7 Å². The average Bonchev–Trinajstić information content (AvgIpc) is 2.47. The standard InChI is InChI=1S/C18H32O4/c1-17(2)9-19-15(20-10-17)13-6-5-7-14(8-13)16-21-11-18(3,4)12-22-16/h13-16H,5-12H2,1-4H3. The summed E-state index contributed by atoms with van der Waals surface area (Å²) in [6.07, 6.45) is 4.64. The molecule has 1 saturated carbocycles. The summed E-state index contributed by atoms with van der Waals surface area (Å²) in [7, 11) is 0. The van der Waals surface area contributed by atoms with E-state index in [4.69, 9.17) is 18.9 Å². The van der Waals surface area contributed by atoms with E-state index in [9.17, 15) is 0 Å². The molecular weight excluding hydrogens is 280 g/mol. The number of ether oxygens (including phenoxy) is 4. The van der Waals surface area contributed by atoms with Gasteiger partial charge in [-0.1, -0.05) is 34.1 Å². The quantitative estimate of drug-likeness (QED) is 0.781. The zero-order valence-electron chi connectivity index (χ0n) is 14.6. The molecule has 2 heterocycles. The van der Waals surface area contributed by atoms with Crippen LogP contribution in [-0.2, 0) is 18.9 Å². The minimum Gasteiger partial charge on any atom is -0.352 e. The van der Waals surface area contributed by atoms with Crippen LogP contribution in [0.4, 0.5) is 0 Å². The van der Waals surface area contributed by atoms with Gasteiger partial charge in [-0.3, -0.25) is 0 Å². The lowest BCUT2D eigenvalue weighted by Crippen LogP contribution is -2.46. The van der Waals surface area contributed by atoms with Gasteiger partial charge in [0, 0.05) is 22.7 Å². The van der Waals surface area contributed by atoms with Crippen LogP contribution < -0.4 is 0 Å². The predicted molar refractivity (Wildman–Crippen MR) is 84.4 cm³/mol. The molecule has 0 bridgehead atoms. The fourth-order valence-corrected chi connectivity index (χ4v) is 3.72. The van der Waals surface area contributed by atoms with Crippen molar-refractivity contribution in [3.63, 3.8) is 0 Å². The van der Waals surface area contributed by atoms with Crippen LogP contribution in [0.5, 0.6) is 0 Å². The van der Waals surface area contributed by atoms with Crippen molar-refractivity contribution in [3.05, 3.63) is 0 Å². The summed E-state index contributed by atoms with van der Waals surface area (Å²) in [5, 5.41) is 0. The van der Waals surface area contributed by atoms with Crippen molar-refractivity contribution in [1.82, 2.24) is 0 Å². The fourth-order valence-electron chi connectivity index (χ4n) is 3.72. The van der Waals surface area contributed by atoms with Gasteiger partial charge in [0.05, 0.1) is 26.4 Å². The Labute approximate surface area is 134 Å². The van der Waals surface area contributed by atoms with E-state index in [0.717, 1.165) is 32.8 Å². The molecule has 3 rings (SSSR count). The highest BCUT2D eigenvalue weighted by Crippen LogP contribution is 2.39. The van der Waals surface area contributed by atoms with E-state index >= 15 is 0 Å². The highest BCUT2D eigenvalue weighted by atomic mass is 16.7. The molecule has 0 aromatic rings. The first-order chi connectivity index (χ1) is 10.3. The Balaban J connectivity index is 1.52. The molecule has 0 amide bonds. The van der Waals surface area contributed by atoms with Crippen molar-refractivity contribution >= 4 is 0 Å². The molecule has 1 aliphatic carbocycles. The number of rotatable bonds is 2. The Hall–Kier alpha value is -0.160. The minimum atomic E-state index is -0.0316. The van der Waals surface area contributed by atoms with Gasteiger partial charge in [-0.2, -0.15) is 0 Å². The molecule has 2 unspecified atom stereocenters. The van der Waals surface area contributed by atoms with Crippen LogP contribution in [-0.4, -0.2) is 39.0 Å². The highest BCUT2D eigenvalue weighted by molar-refractivity contribution is 4.82. The van der Waals surface area contributed by atoms with Crippen LogP contribution in [0.3, 0.4) is 0 Å². The van der Waals surface area contributed by atoms with Crippen LogP contribution in [0.25, 0.3) is 0 Å². The van der Waals surface area contributed by atoms with E-state index in [1.54, 1.807) is 0 Å². The van der Waals surface area contributed by atoms with Crippen LogP contribution >= 0.6 is 0 Å². The zero-order chi connectivity index (χ0) is 15.8. The fraction of sp³-hybridized carbons (Fsp3) is 1.00. The monoisotopic (exact) mass is 312 g/mol. The Morgan fingerprint density at radius 1 is 0.636 bits per heavy atom. The molecule has 128 valence electrons. The maximum Gasteiger partial charge on any atom is 0.160 e. The Kier molecular flexibility index (Phi) is 4.84. The largest absolute Gasteiger partial charge is 0.352 e. The molecule has 0 spiro atoms. The molecule has 2 aliphatic heterocycles. The third-order valence-electron chi connectivity index (χ3n) is 5.08. The van der Waals surface area contributed by atoms with E-state index in [1.165, 1.54) is 19.3 Å². The van der Waals surface area contributed by atoms with Crippen molar-refractivity contribution < 1.29 is 18.9 Å². The van der Waals surface area contributed by atoms with Crippen molar-refractivity contribution in [2.24, 2.45) is 22.7 Å². The van der Waals surface area contributed by atoms with Gasteiger partial charge >= 0.3 is 0 Å². The maximum absolute atomic E-state index is 6.00. The first kappa shape index (κ1) is 16.7. The van der Waals surface area contributed by atoms with Gasteiger partial charge in [-0.05, 0) is 19.3 Å². The van der Waals surface area contributed by atoms with Gasteiger partial charge in [-0.25, -0.2) is 0 Å². The Morgan fingerprint density at radius 2 is 1.00 bits per heavy atom. The van der Waals surface area contributed by atoms with E-state index < -0.39 is 0 Å². The molecule has 0 aromatic carbocycles. The molecule has 0 radical (unpaired) electrons. The SMILES string of the molecule is CC1(C)COC(C2CCCC(C3OCC(C)(C)CO3)C2)OC1. The highest BCUT2D eigenvalue weighted by Gasteiger charge is 2.40. The van der Waals surface area contributed by atoms with Gasteiger partial charge in [0.2, 0.25) is 0 Å². The summed E-state index contributed by atoms with van der Waals surface area (Å²) in [6.45, 7) is 12.0. The molecule has 4 nitrogen and oxygen atoms in total. The Morgan fingerprint density at radius 3 is 1.36 bits per heavy atom. The van der Waals surface area contributed by atoms with E-state index in [0.29, 0.717) is 11.8 Å². The summed E-state index contributed by atoms with van der Waals surface area (Å²) >= 11 is 0. The van der Waals surface area contributed by atoms with Gasteiger partial charge in [-0.15, -0.1) is 0 Å². The molecule has 2 atom stereocenters. The van der Waals surface area contributed by atoms with E-state index in [-0.39, 0.29) is 23.4 Å². The first-order valence-corrected chi connectivity index (χ1v) is 8.81. The van der Waals surface area contributed by atoms with Crippen molar-refractivity contribution in [3.8, 4) is 0 Å². The second kappa shape index (κ2) is 6.39. The van der Waals surface area contributed by atoms with Crippen molar-refractivity contribution in [2.45, 2.75) is 66.0 Å². The second-order valence-electron chi connectivity index (χ2n) is 9.00. The number of hydrogen-bond acceptors (Lipinski definition) is 4. The van der Waals surface area contributed by atoms with Gasteiger partial charge in [0.1, 0.15) is 0 Å². The van der Waals surface area contributed by atoms with E-state index in [2.05, 4.69) is 27.7 Å². The number of hydrogen-bond donors (Lipinski definition) is 0. The molecule has 0 aromatic heterocycles. The summed E-state index contributed by atoms with van der Waals surface area (Å²) in [5.41, 5.74) is 0.289. The van der Waals surface area contributed by atoms with Gasteiger partial charge < -0.3 is 18.9 Å². The lowest BCUT2D eigenvalue weighted by atomic mass is 9.79. The maximum atomic E-state index is 6.00.